The molecular weight excluding hydrogens is 256 g/mol. The molecule has 0 fully saturated rings. The van der Waals surface area contributed by atoms with Gasteiger partial charge >= 0.3 is 6.16 Å². The predicted octanol–water partition coefficient (Wildman–Crippen LogP) is 3.93. The maximum absolute atomic E-state index is 10.7. The van der Waals surface area contributed by atoms with Crippen molar-refractivity contribution in [2.24, 2.45) is 0 Å². The summed E-state index contributed by atoms with van der Waals surface area (Å²) in [6, 6.07) is 8.17. The molecule has 0 atom stereocenters. The molecular formula is C16H24O4. The summed E-state index contributed by atoms with van der Waals surface area (Å²) in [5, 5.41) is 0. The molecule has 4 heteroatoms. The first-order chi connectivity index (χ1) is 9.43. The molecule has 0 saturated carbocycles. The molecule has 0 heterocycles. The van der Waals surface area contributed by atoms with Crippen molar-refractivity contribution in [3.63, 3.8) is 0 Å². The number of carbonyl (C=O) groups excluding carboxylic acids is 1. The minimum absolute atomic E-state index is 0.157. The molecule has 0 aromatic heterocycles. The smallest absolute Gasteiger partial charge is 0.494 e. The van der Waals surface area contributed by atoms with Gasteiger partial charge in [0.15, 0.2) is 0 Å². The number of ether oxygens (including phenoxy) is 3. The van der Waals surface area contributed by atoms with Gasteiger partial charge < -0.3 is 14.2 Å². The lowest BCUT2D eigenvalue weighted by atomic mass is 9.87. The third kappa shape index (κ3) is 5.95. The topological polar surface area (TPSA) is 44.8 Å². The number of unbranched alkanes of at least 4 members (excludes halogenated alkanes) is 1. The minimum atomic E-state index is -0.635. The van der Waals surface area contributed by atoms with Crippen LogP contribution in [-0.2, 0) is 14.9 Å². The van der Waals surface area contributed by atoms with Crippen LogP contribution in [0.5, 0.6) is 5.75 Å². The fourth-order valence-corrected chi connectivity index (χ4v) is 1.66. The molecule has 0 saturated heterocycles. The zero-order valence-corrected chi connectivity index (χ0v) is 12.8. The van der Waals surface area contributed by atoms with Gasteiger partial charge in [0, 0.05) is 0 Å². The van der Waals surface area contributed by atoms with Gasteiger partial charge in [0.05, 0.1) is 20.3 Å². The lowest BCUT2D eigenvalue weighted by molar-refractivity contribution is 0.0705. The average Bonchev–Trinajstić information content (AvgIpc) is 2.41. The second kappa shape index (κ2) is 7.78. The first kappa shape index (κ1) is 16.3. The fraction of sp³-hybridized carbons (Fsp3) is 0.562. The minimum Gasteiger partial charge on any atom is -0.494 e. The molecule has 1 aromatic rings. The van der Waals surface area contributed by atoms with Gasteiger partial charge in [-0.1, -0.05) is 32.9 Å². The number of hydrogen-bond donors (Lipinski definition) is 0. The van der Waals surface area contributed by atoms with Crippen molar-refractivity contribution in [2.75, 3.05) is 20.3 Å². The highest BCUT2D eigenvalue weighted by Gasteiger charge is 2.12. The molecule has 0 aliphatic rings. The lowest BCUT2D eigenvalue weighted by Crippen LogP contribution is -2.10. The Morgan fingerprint density at radius 2 is 1.65 bits per heavy atom. The third-order valence-corrected chi connectivity index (χ3v) is 2.91. The number of hydrogen-bond acceptors (Lipinski definition) is 4. The quantitative estimate of drug-likeness (QED) is 0.585. The van der Waals surface area contributed by atoms with Crippen LogP contribution in [0.3, 0.4) is 0 Å². The molecule has 0 amide bonds. The van der Waals surface area contributed by atoms with Gasteiger partial charge in [-0.15, -0.1) is 0 Å². The van der Waals surface area contributed by atoms with E-state index in [0.717, 1.165) is 18.6 Å². The largest absolute Gasteiger partial charge is 0.507 e. The van der Waals surface area contributed by atoms with Gasteiger partial charge in [-0.2, -0.15) is 0 Å². The number of benzene rings is 1. The molecule has 0 spiro atoms. The van der Waals surface area contributed by atoms with Crippen LogP contribution < -0.4 is 4.74 Å². The molecule has 20 heavy (non-hydrogen) atoms. The van der Waals surface area contributed by atoms with E-state index in [-0.39, 0.29) is 5.41 Å². The van der Waals surface area contributed by atoms with Crippen LogP contribution in [0.25, 0.3) is 0 Å². The van der Waals surface area contributed by atoms with Gasteiger partial charge in [-0.3, -0.25) is 0 Å². The molecule has 0 aliphatic heterocycles. The Bertz CT molecular complexity index is 403. The summed E-state index contributed by atoms with van der Waals surface area (Å²) in [7, 11) is 1.30. The molecule has 112 valence electrons. The summed E-state index contributed by atoms with van der Waals surface area (Å²) >= 11 is 0. The third-order valence-electron chi connectivity index (χ3n) is 2.91. The monoisotopic (exact) mass is 280 g/mol. The van der Waals surface area contributed by atoms with E-state index in [1.54, 1.807) is 0 Å². The number of rotatable bonds is 6. The van der Waals surface area contributed by atoms with Crippen LogP contribution in [0.2, 0.25) is 0 Å². The van der Waals surface area contributed by atoms with Crippen molar-refractivity contribution in [3.05, 3.63) is 29.8 Å². The summed E-state index contributed by atoms with van der Waals surface area (Å²) in [6.45, 7) is 7.52. The Morgan fingerprint density at radius 3 is 2.20 bits per heavy atom. The highest BCUT2D eigenvalue weighted by Crippen LogP contribution is 2.24. The van der Waals surface area contributed by atoms with Crippen LogP contribution in [0.4, 0.5) is 4.79 Å². The highest BCUT2D eigenvalue weighted by molar-refractivity contribution is 5.59. The van der Waals surface area contributed by atoms with E-state index < -0.39 is 6.16 Å². The van der Waals surface area contributed by atoms with Gasteiger partial charge in [-0.25, -0.2) is 4.79 Å². The SMILES string of the molecule is COC(=O)OCCCCOc1ccc(C(C)(C)C)cc1. The van der Waals surface area contributed by atoms with E-state index in [1.165, 1.54) is 12.7 Å². The normalized spacial score (nSPS) is 11.0. The fourth-order valence-electron chi connectivity index (χ4n) is 1.66. The van der Waals surface area contributed by atoms with Crippen molar-refractivity contribution in [1.82, 2.24) is 0 Å². The average molecular weight is 280 g/mol. The van der Waals surface area contributed by atoms with Crippen LogP contribution in [0.15, 0.2) is 24.3 Å². The van der Waals surface area contributed by atoms with E-state index in [1.807, 2.05) is 12.1 Å². The molecule has 0 bridgehead atoms. The van der Waals surface area contributed by atoms with Crippen molar-refractivity contribution < 1.29 is 19.0 Å². The van der Waals surface area contributed by atoms with Gasteiger partial charge in [0.25, 0.3) is 0 Å². The first-order valence-electron chi connectivity index (χ1n) is 6.87. The Balaban J connectivity index is 2.21. The Hall–Kier alpha value is -1.71. The Labute approximate surface area is 121 Å². The summed E-state index contributed by atoms with van der Waals surface area (Å²) in [5.41, 5.74) is 1.44. The summed E-state index contributed by atoms with van der Waals surface area (Å²) in [5.74, 6) is 0.867. The van der Waals surface area contributed by atoms with Crippen LogP contribution >= 0.6 is 0 Å². The molecule has 0 unspecified atom stereocenters. The van der Waals surface area contributed by atoms with Gasteiger partial charge in [-0.05, 0) is 36.0 Å². The van der Waals surface area contributed by atoms with E-state index in [2.05, 4.69) is 37.6 Å². The van der Waals surface area contributed by atoms with E-state index >= 15 is 0 Å². The van der Waals surface area contributed by atoms with Crippen LogP contribution in [0, 0.1) is 0 Å². The van der Waals surface area contributed by atoms with E-state index in [0.29, 0.717) is 13.2 Å². The number of carbonyl (C=O) groups is 1. The molecule has 0 N–H and O–H groups in total. The maximum Gasteiger partial charge on any atom is 0.507 e. The standard InChI is InChI=1S/C16H24O4/c1-16(2,3)13-7-9-14(10-8-13)19-11-5-6-12-20-15(17)18-4/h7-10H,5-6,11-12H2,1-4H3. The predicted molar refractivity (Wildman–Crippen MR) is 78.2 cm³/mol. The maximum atomic E-state index is 10.7. The Kier molecular flexibility index (Phi) is 6.36. The Morgan fingerprint density at radius 1 is 1.05 bits per heavy atom. The second-order valence-electron chi connectivity index (χ2n) is 5.63. The van der Waals surface area contributed by atoms with Crippen LogP contribution in [-0.4, -0.2) is 26.5 Å². The van der Waals surface area contributed by atoms with Gasteiger partial charge in [0.1, 0.15) is 5.75 Å². The number of methoxy groups -OCH3 is 1. The zero-order chi connectivity index (χ0) is 15.0. The molecule has 1 aromatic carbocycles. The van der Waals surface area contributed by atoms with Crippen molar-refractivity contribution >= 4 is 6.16 Å². The van der Waals surface area contributed by atoms with Gasteiger partial charge in [0.2, 0.25) is 0 Å². The van der Waals surface area contributed by atoms with Crippen LogP contribution in [0.1, 0.15) is 39.2 Å². The molecule has 0 aliphatic carbocycles. The molecule has 4 nitrogen and oxygen atoms in total. The summed E-state index contributed by atoms with van der Waals surface area (Å²) < 4.78 is 14.8. The summed E-state index contributed by atoms with van der Waals surface area (Å²) in [4.78, 5) is 10.7. The van der Waals surface area contributed by atoms with Crippen molar-refractivity contribution in [1.29, 1.82) is 0 Å². The van der Waals surface area contributed by atoms with Crippen molar-refractivity contribution in [3.8, 4) is 5.75 Å². The zero-order valence-electron chi connectivity index (χ0n) is 12.8. The van der Waals surface area contributed by atoms with E-state index in [9.17, 15) is 4.79 Å². The van der Waals surface area contributed by atoms with E-state index in [4.69, 9.17) is 9.47 Å². The second-order valence-corrected chi connectivity index (χ2v) is 5.63. The highest BCUT2D eigenvalue weighted by atomic mass is 16.7. The van der Waals surface area contributed by atoms with Crippen molar-refractivity contribution in [2.45, 2.75) is 39.0 Å². The summed E-state index contributed by atoms with van der Waals surface area (Å²) in [6.07, 6.45) is 0.955. The first-order valence-corrected chi connectivity index (χ1v) is 6.87. The molecule has 0 radical (unpaired) electrons. The lowest BCUT2D eigenvalue weighted by Gasteiger charge is -2.19. The molecule has 1 rings (SSSR count).